The molecule has 0 bridgehead atoms. The molecule has 2 aliphatic rings. The summed E-state index contributed by atoms with van der Waals surface area (Å²) >= 11 is 0. The van der Waals surface area contributed by atoms with Crippen LogP contribution in [0.15, 0.2) is 0 Å². The second-order valence-electron chi connectivity index (χ2n) is 3.91. The molecule has 2 nitrogen and oxygen atoms in total. The van der Waals surface area contributed by atoms with E-state index in [9.17, 15) is 0 Å². The first kappa shape index (κ1) is 7.56. The van der Waals surface area contributed by atoms with E-state index in [1.165, 1.54) is 45.2 Å². The summed E-state index contributed by atoms with van der Waals surface area (Å²) in [5.41, 5.74) is 6.02. The molecule has 1 aliphatic carbocycles. The van der Waals surface area contributed by atoms with Crippen molar-refractivity contribution >= 4 is 0 Å². The third kappa shape index (κ3) is 1.42. The van der Waals surface area contributed by atoms with E-state index >= 15 is 0 Å². The molecule has 2 fully saturated rings. The van der Waals surface area contributed by atoms with Gasteiger partial charge < -0.3 is 5.73 Å². The molecule has 1 saturated heterocycles. The third-order valence-electron chi connectivity index (χ3n) is 3.14. The van der Waals surface area contributed by atoms with E-state index in [0.29, 0.717) is 6.04 Å². The van der Waals surface area contributed by atoms with E-state index in [0.717, 1.165) is 6.04 Å². The number of nitrogens with two attached hydrogens (primary N) is 1. The van der Waals surface area contributed by atoms with Gasteiger partial charge in [-0.25, -0.2) is 0 Å². The van der Waals surface area contributed by atoms with Crippen LogP contribution in [-0.2, 0) is 0 Å². The molecule has 2 rings (SSSR count). The van der Waals surface area contributed by atoms with Gasteiger partial charge in [-0.1, -0.05) is 6.42 Å². The smallest absolute Gasteiger partial charge is 0.0247 e. The standard InChI is InChI=1S/C9H18N2/c10-8-4-3-5-9(8)11-6-1-2-7-11/h8-9H,1-7,10H2. The molecule has 0 amide bonds. The SMILES string of the molecule is NC1CCCC1N1CCCC1. The Kier molecular flexibility index (Phi) is 2.14. The number of nitrogens with zero attached hydrogens (tertiary/aromatic N) is 1. The number of likely N-dealkylation sites (tertiary alicyclic amines) is 1. The molecule has 0 aromatic heterocycles. The summed E-state index contributed by atoms with van der Waals surface area (Å²) in [4.78, 5) is 2.59. The van der Waals surface area contributed by atoms with Crippen molar-refractivity contribution in [3.05, 3.63) is 0 Å². The predicted octanol–water partition coefficient (Wildman–Crippen LogP) is 0.962. The summed E-state index contributed by atoms with van der Waals surface area (Å²) in [6.45, 7) is 2.61. The Bertz CT molecular complexity index is 130. The van der Waals surface area contributed by atoms with Crippen molar-refractivity contribution in [3.63, 3.8) is 0 Å². The first-order valence-electron chi connectivity index (χ1n) is 4.87. The Hall–Kier alpha value is -0.0800. The Morgan fingerprint density at radius 1 is 1.00 bits per heavy atom. The fourth-order valence-electron chi connectivity index (χ4n) is 2.50. The minimum Gasteiger partial charge on any atom is -0.326 e. The van der Waals surface area contributed by atoms with Gasteiger partial charge in [-0.15, -0.1) is 0 Å². The van der Waals surface area contributed by atoms with E-state index in [1.807, 2.05) is 0 Å². The minimum absolute atomic E-state index is 0.480. The van der Waals surface area contributed by atoms with E-state index in [2.05, 4.69) is 4.90 Å². The Labute approximate surface area is 68.7 Å². The lowest BCUT2D eigenvalue weighted by Gasteiger charge is -2.26. The maximum absolute atomic E-state index is 6.02. The molecule has 0 aromatic carbocycles. The quantitative estimate of drug-likeness (QED) is 0.609. The van der Waals surface area contributed by atoms with Gasteiger partial charge in [0.15, 0.2) is 0 Å². The van der Waals surface area contributed by atoms with Gasteiger partial charge in [0.1, 0.15) is 0 Å². The van der Waals surface area contributed by atoms with Gasteiger partial charge in [0, 0.05) is 12.1 Å². The second-order valence-corrected chi connectivity index (χ2v) is 3.91. The highest BCUT2D eigenvalue weighted by molar-refractivity contribution is 4.89. The normalized spacial score (nSPS) is 40.1. The molecule has 1 aliphatic heterocycles. The fourth-order valence-corrected chi connectivity index (χ4v) is 2.50. The number of rotatable bonds is 1. The maximum atomic E-state index is 6.02. The van der Waals surface area contributed by atoms with Crippen molar-refractivity contribution in [3.8, 4) is 0 Å². The Morgan fingerprint density at radius 2 is 1.73 bits per heavy atom. The van der Waals surface area contributed by atoms with Gasteiger partial charge in [-0.3, -0.25) is 4.90 Å². The van der Waals surface area contributed by atoms with Gasteiger partial charge in [0.25, 0.3) is 0 Å². The molecule has 0 radical (unpaired) electrons. The van der Waals surface area contributed by atoms with Crippen LogP contribution in [-0.4, -0.2) is 30.1 Å². The van der Waals surface area contributed by atoms with E-state index < -0.39 is 0 Å². The zero-order valence-electron chi connectivity index (χ0n) is 7.13. The molecule has 2 atom stereocenters. The maximum Gasteiger partial charge on any atom is 0.0247 e. The van der Waals surface area contributed by atoms with Crippen molar-refractivity contribution in [1.82, 2.24) is 4.90 Å². The first-order chi connectivity index (χ1) is 5.38. The molecule has 2 unspecified atom stereocenters. The molecule has 0 aromatic rings. The molecule has 64 valence electrons. The first-order valence-corrected chi connectivity index (χ1v) is 4.87. The summed E-state index contributed by atoms with van der Waals surface area (Å²) in [5.74, 6) is 0. The highest BCUT2D eigenvalue weighted by Gasteiger charge is 2.30. The zero-order valence-corrected chi connectivity index (χ0v) is 7.13. The van der Waals surface area contributed by atoms with Gasteiger partial charge in [-0.2, -0.15) is 0 Å². The van der Waals surface area contributed by atoms with Crippen LogP contribution in [0.25, 0.3) is 0 Å². The lowest BCUT2D eigenvalue weighted by Crippen LogP contribution is -2.42. The Balaban J connectivity index is 1.92. The largest absolute Gasteiger partial charge is 0.326 e. The molecular weight excluding hydrogens is 136 g/mol. The van der Waals surface area contributed by atoms with Crippen molar-refractivity contribution in [2.75, 3.05) is 13.1 Å². The predicted molar refractivity (Wildman–Crippen MR) is 46.4 cm³/mol. The van der Waals surface area contributed by atoms with Crippen LogP contribution in [0, 0.1) is 0 Å². The number of hydrogen-bond acceptors (Lipinski definition) is 2. The van der Waals surface area contributed by atoms with E-state index in [4.69, 9.17) is 5.73 Å². The monoisotopic (exact) mass is 154 g/mol. The van der Waals surface area contributed by atoms with Crippen LogP contribution in [0.1, 0.15) is 32.1 Å². The molecule has 1 saturated carbocycles. The van der Waals surface area contributed by atoms with Crippen LogP contribution < -0.4 is 5.73 Å². The van der Waals surface area contributed by atoms with Crippen molar-refractivity contribution in [2.45, 2.75) is 44.2 Å². The minimum atomic E-state index is 0.480. The lowest BCUT2D eigenvalue weighted by atomic mass is 10.1. The molecule has 2 N–H and O–H groups in total. The van der Waals surface area contributed by atoms with E-state index in [-0.39, 0.29) is 0 Å². The van der Waals surface area contributed by atoms with Gasteiger partial charge in [0.2, 0.25) is 0 Å². The molecule has 11 heavy (non-hydrogen) atoms. The third-order valence-corrected chi connectivity index (χ3v) is 3.14. The van der Waals surface area contributed by atoms with E-state index in [1.54, 1.807) is 0 Å². The average Bonchev–Trinajstić information content (AvgIpc) is 2.55. The van der Waals surface area contributed by atoms with Gasteiger partial charge in [0.05, 0.1) is 0 Å². The fraction of sp³-hybridized carbons (Fsp3) is 1.00. The van der Waals surface area contributed by atoms with Crippen molar-refractivity contribution < 1.29 is 0 Å². The van der Waals surface area contributed by atoms with Crippen molar-refractivity contribution in [2.24, 2.45) is 5.73 Å². The van der Waals surface area contributed by atoms with Gasteiger partial charge >= 0.3 is 0 Å². The van der Waals surface area contributed by atoms with Crippen LogP contribution in [0.3, 0.4) is 0 Å². The Morgan fingerprint density at radius 3 is 2.27 bits per heavy atom. The summed E-state index contributed by atoms with van der Waals surface area (Å²) in [6, 6.07) is 1.21. The molecule has 1 heterocycles. The topological polar surface area (TPSA) is 29.3 Å². The molecular formula is C9H18N2. The second kappa shape index (κ2) is 3.11. The number of hydrogen-bond donors (Lipinski definition) is 1. The molecule has 0 spiro atoms. The van der Waals surface area contributed by atoms with Gasteiger partial charge in [-0.05, 0) is 38.8 Å². The lowest BCUT2D eigenvalue weighted by molar-refractivity contribution is 0.229. The summed E-state index contributed by atoms with van der Waals surface area (Å²) in [7, 11) is 0. The van der Waals surface area contributed by atoms with Crippen molar-refractivity contribution in [1.29, 1.82) is 0 Å². The highest BCUT2D eigenvalue weighted by Crippen LogP contribution is 2.25. The van der Waals surface area contributed by atoms with Crippen LogP contribution in [0.4, 0.5) is 0 Å². The zero-order chi connectivity index (χ0) is 7.68. The summed E-state index contributed by atoms with van der Waals surface area (Å²) in [5, 5.41) is 0. The van der Waals surface area contributed by atoms with Crippen LogP contribution in [0.2, 0.25) is 0 Å². The summed E-state index contributed by atoms with van der Waals surface area (Å²) in [6.07, 6.45) is 6.73. The average molecular weight is 154 g/mol. The molecule has 2 heteroatoms. The highest BCUT2D eigenvalue weighted by atomic mass is 15.2. The van der Waals surface area contributed by atoms with Crippen LogP contribution >= 0.6 is 0 Å². The van der Waals surface area contributed by atoms with Crippen LogP contribution in [0.5, 0.6) is 0 Å². The summed E-state index contributed by atoms with van der Waals surface area (Å²) < 4.78 is 0.